The fourth-order valence-electron chi connectivity index (χ4n) is 2.34. The summed E-state index contributed by atoms with van der Waals surface area (Å²) in [7, 11) is 1.48. The van der Waals surface area contributed by atoms with E-state index in [0.29, 0.717) is 25.2 Å². The smallest absolute Gasteiger partial charge is 0.293 e. The van der Waals surface area contributed by atoms with Crippen LogP contribution in [0.2, 0.25) is 0 Å². The van der Waals surface area contributed by atoms with Gasteiger partial charge in [-0.15, -0.1) is 0 Å². The summed E-state index contributed by atoms with van der Waals surface area (Å²) in [6, 6.07) is 4.48. The Morgan fingerprint density at radius 2 is 2.04 bits per heavy atom. The molecule has 0 saturated carbocycles. The van der Waals surface area contributed by atoms with Gasteiger partial charge in [0.25, 0.3) is 11.6 Å². The lowest BCUT2D eigenvalue weighted by Gasteiger charge is -2.31. The summed E-state index contributed by atoms with van der Waals surface area (Å²) in [5, 5.41) is 23.0. The van der Waals surface area contributed by atoms with E-state index >= 15 is 0 Å². The Morgan fingerprint density at radius 3 is 2.52 bits per heavy atom. The van der Waals surface area contributed by atoms with Gasteiger partial charge in [-0.2, -0.15) is 0 Å². The minimum atomic E-state index is -0.476. The van der Waals surface area contributed by atoms with Crippen LogP contribution in [0.4, 0.5) is 11.4 Å². The Bertz CT molecular complexity index is 567. The highest BCUT2D eigenvalue weighted by Crippen LogP contribution is 2.31. The maximum Gasteiger partial charge on any atom is 0.293 e. The largest absolute Gasteiger partial charge is 0.396 e. The van der Waals surface area contributed by atoms with E-state index in [4.69, 9.17) is 5.11 Å². The Kier molecular flexibility index (Phi) is 6.50. The highest BCUT2D eigenvalue weighted by atomic mass is 16.6. The zero-order valence-electron chi connectivity index (χ0n) is 14.1. The van der Waals surface area contributed by atoms with E-state index < -0.39 is 4.92 Å². The summed E-state index contributed by atoms with van der Waals surface area (Å²) in [6.07, 6.45) is 0.518. The van der Waals surface area contributed by atoms with Gasteiger partial charge in [-0.25, -0.2) is 0 Å². The molecular formula is C16H25N3O4. The zero-order valence-corrected chi connectivity index (χ0v) is 14.1. The van der Waals surface area contributed by atoms with Crippen LogP contribution < -0.4 is 10.2 Å². The Morgan fingerprint density at radius 1 is 1.39 bits per heavy atom. The molecule has 0 spiro atoms. The summed E-state index contributed by atoms with van der Waals surface area (Å²) >= 11 is 0. The van der Waals surface area contributed by atoms with Crippen LogP contribution in [-0.2, 0) is 0 Å². The summed E-state index contributed by atoms with van der Waals surface area (Å²) in [6.45, 7) is 7.27. The average molecular weight is 323 g/mol. The van der Waals surface area contributed by atoms with E-state index in [1.165, 1.54) is 13.1 Å². The molecule has 1 amide bonds. The topological polar surface area (TPSA) is 95.7 Å². The molecule has 0 heterocycles. The molecule has 0 atom stereocenters. The van der Waals surface area contributed by atoms with Crippen LogP contribution in [-0.4, -0.2) is 42.7 Å². The molecule has 0 aromatic heterocycles. The first-order chi connectivity index (χ1) is 10.7. The molecule has 7 nitrogen and oxygen atoms in total. The minimum absolute atomic E-state index is 0.0186. The molecule has 7 heteroatoms. The van der Waals surface area contributed by atoms with Crippen molar-refractivity contribution < 1.29 is 14.8 Å². The molecule has 0 aliphatic carbocycles. The lowest BCUT2D eigenvalue weighted by atomic mass is 9.95. The highest BCUT2D eigenvalue weighted by Gasteiger charge is 2.24. The normalized spacial score (nSPS) is 11.2. The monoisotopic (exact) mass is 323 g/mol. The lowest BCUT2D eigenvalue weighted by Crippen LogP contribution is -2.34. The predicted octanol–water partition coefficient (Wildman–Crippen LogP) is 2.19. The fraction of sp³-hybridized carbons (Fsp3) is 0.562. The second kappa shape index (κ2) is 7.92. The van der Waals surface area contributed by atoms with Crippen molar-refractivity contribution in [2.24, 2.45) is 5.41 Å². The van der Waals surface area contributed by atoms with Crippen LogP contribution in [0.3, 0.4) is 0 Å². The van der Waals surface area contributed by atoms with Crippen LogP contribution in [0, 0.1) is 15.5 Å². The second-order valence-corrected chi connectivity index (χ2v) is 6.60. The molecular weight excluding hydrogens is 298 g/mol. The number of nitrogens with zero attached hydrogens (tertiary/aromatic N) is 2. The van der Waals surface area contributed by atoms with Crippen molar-refractivity contribution in [2.45, 2.75) is 27.2 Å². The van der Waals surface area contributed by atoms with E-state index in [1.807, 2.05) is 25.7 Å². The average Bonchev–Trinajstić information content (AvgIpc) is 2.48. The number of hydrogen-bond donors (Lipinski definition) is 2. The molecule has 128 valence electrons. The van der Waals surface area contributed by atoms with Gasteiger partial charge in [0.1, 0.15) is 5.69 Å². The van der Waals surface area contributed by atoms with E-state index in [0.717, 1.165) is 0 Å². The zero-order chi connectivity index (χ0) is 17.6. The number of carbonyl (C=O) groups excluding carboxylic acids is 1. The van der Waals surface area contributed by atoms with Crippen LogP contribution in [0.15, 0.2) is 18.2 Å². The molecule has 2 N–H and O–H groups in total. The first-order valence-corrected chi connectivity index (χ1v) is 7.56. The molecule has 0 saturated heterocycles. The lowest BCUT2D eigenvalue weighted by molar-refractivity contribution is -0.384. The van der Waals surface area contributed by atoms with Crippen molar-refractivity contribution in [3.8, 4) is 0 Å². The van der Waals surface area contributed by atoms with E-state index in [2.05, 4.69) is 5.32 Å². The number of aliphatic hydroxyl groups is 1. The van der Waals surface area contributed by atoms with Crippen molar-refractivity contribution in [3.63, 3.8) is 0 Å². The van der Waals surface area contributed by atoms with E-state index in [1.54, 1.807) is 12.1 Å². The first-order valence-electron chi connectivity index (χ1n) is 7.56. The van der Waals surface area contributed by atoms with Gasteiger partial charge in [-0.05, 0) is 24.0 Å². The van der Waals surface area contributed by atoms with Crippen molar-refractivity contribution in [1.29, 1.82) is 0 Å². The van der Waals surface area contributed by atoms with Crippen molar-refractivity contribution >= 4 is 17.3 Å². The molecule has 0 radical (unpaired) electrons. The standard InChI is InChI=1S/C16H25N3O4/c1-16(2,3)11-18(8-5-9-20)13-7-6-12(15(21)17-4)10-14(13)19(22)23/h6-7,10,20H,5,8-9,11H2,1-4H3,(H,17,21). The minimum Gasteiger partial charge on any atom is -0.396 e. The van der Waals surface area contributed by atoms with Crippen molar-refractivity contribution in [3.05, 3.63) is 33.9 Å². The molecule has 0 unspecified atom stereocenters. The molecule has 1 aromatic carbocycles. The van der Waals surface area contributed by atoms with Crippen LogP contribution >= 0.6 is 0 Å². The quantitative estimate of drug-likeness (QED) is 0.592. The SMILES string of the molecule is CNC(=O)c1ccc(N(CCCO)CC(C)(C)C)c([N+](=O)[O-])c1. The number of hydrogen-bond acceptors (Lipinski definition) is 5. The van der Waals surface area contributed by atoms with Crippen molar-refractivity contribution in [1.82, 2.24) is 5.32 Å². The van der Waals surface area contributed by atoms with Crippen LogP contribution in [0.5, 0.6) is 0 Å². The molecule has 23 heavy (non-hydrogen) atoms. The van der Waals surface area contributed by atoms with Gasteiger partial charge in [0, 0.05) is 38.4 Å². The van der Waals surface area contributed by atoms with Gasteiger partial charge >= 0.3 is 0 Å². The number of nitro groups is 1. The summed E-state index contributed by atoms with van der Waals surface area (Å²) in [5.41, 5.74) is 0.545. The van der Waals surface area contributed by atoms with Gasteiger partial charge < -0.3 is 15.3 Å². The van der Waals surface area contributed by atoms with E-state index in [-0.39, 0.29) is 29.2 Å². The number of anilines is 1. The fourth-order valence-corrected chi connectivity index (χ4v) is 2.34. The number of nitrogens with one attached hydrogen (secondary N) is 1. The molecule has 1 aromatic rings. The highest BCUT2D eigenvalue weighted by molar-refractivity contribution is 5.95. The first kappa shape index (κ1) is 18.9. The summed E-state index contributed by atoms with van der Waals surface area (Å²) in [5.74, 6) is -0.364. The predicted molar refractivity (Wildman–Crippen MR) is 89.9 cm³/mol. The van der Waals surface area contributed by atoms with Gasteiger partial charge in [-0.1, -0.05) is 20.8 Å². The van der Waals surface area contributed by atoms with E-state index in [9.17, 15) is 14.9 Å². The Labute approximate surface area is 136 Å². The number of rotatable bonds is 7. The molecule has 1 rings (SSSR count). The van der Waals surface area contributed by atoms with Gasteiger partial charge in [0.15, 0.2) is 0 Å². The number of benzene rings is 1. The maximum absolute atomic E-state index is 11.7. The number of aliphatic hydroxyl groups excluding tert-OH is 1. The molecule has 0 fully saturated rings. The van der Waals surface area contributed by atoms with Gasteiger partial charge in [0.05, 0.1) is 4.92 Å². The molecule has 0 aliphatic heterocycles. The third-order valence-electron chi connectivity index (χ3n) is 3.25. The van der Waals surface area contributed by atoms with Crippen LogP contribution in [0.25, 0.3) is 0 Å². The van der Waals surface area contributed by atoms with Gasteiger partial charge in [-0.3, -0.25) is 14.9 Å². The molecule has 0 aliphatic rings. The van der Waals surface area contributed by atoms with Crippen LogP contribution in [0.1, 0.15) is 37.6 Å². The number of amides is 1. The third-order valence-corrected chi connectivity index (χ3v) is 3.25. The van der Waals surface area contributed by atoms with Gasteiger partial charge in [0.2, 0.25) is 0 Å². The number of carbonyl (C=O) groups is 1. The maximum atomic E-state index is 11.7. The third kappa shape index (κ3) is 5.52. The Balaban J connectivity index is 3.28. The Hall–Kier alpha value is -2.15. The summed E-state index contributed by atoms with van der Waals surface area (Å²) < 4.78 is 0. The summed E-state index contributed by atoms with van der Waals surface area (Å²) in [4.78, 5) is 24.5. The molecule has 0 bridgehead atoms. The number of nitro benzene ring substituents is 1. The second-order valence-electron chi connectivity index (χ2n) is 6.60. The van der Waals surface area contributed by atoms with Crippen molar-refractivity contribution in [2.75, 3.05) is 31.6 Å².